The number of hydrogen-bond acceptors (Lipinski definition) is 8. The molecular formula is C46H75NO8. The lowest BCUT2D eigenvalue weighted by Crippen LogP contribution is -2.44. The predicted octanol–water partition coefficient (Wildman–Crippen LogP) is 9.21. The van der Waals surface area contributed by atoms with E-state index in [1.165, 1.54) is 25.7 Å². The van der Waals surface area contributed by atoms with Crippen LogP contribution < -0.4 is 5.11 Å². The molecule has 2 unspecified atom stereocenters. The number of esters is 2. The van der Waals surface area contributed by atoms with Crippen molar-refractivity contribution < 1.29 is 42.9 Å². The van der Waals surface area contributed by atoms with Gasteiger partial charge in [-0.15, -0.1) is 0 Å². The highest BCUT2D eigenvalue weighted by Crippen LogP contribution is 2.10. The standard InChI is InChI=1S/C46H75NO8/c1-6-8-10-12-14-16-18-20-22-24-26-28-30-32-34-36-43(48)53-40-42(41-54-46(45(50)51)52-39-38-47(3,4)5)55-44(49)37-35-33-31-29-27-25-23-21-19-17-15-13-11-9-7-2/h9,11,14-17,20-23,27,29,33,35,42,46H,6-8,10,12-13,18-19,24-26,28,30-32,34,36-41H2,1-5H3/b11-9-,16-14-,17-15-,22-20-,23-21-,29-27-,35-33-. The molecule has 9 nitrogen and oxygen atoms in total. The first-order chi connectivity index (χ1) is 26.6. The SMILES string of the molecule is CC/C=C\C/C=C\C/C=C\C/C=C\C/C=C\CC(=O)OC(COC(=O)CCCCCCC/C=C\C/C=C\CCCCC)COC(OCC[N+](C)(C)C)C(=O)[O-]. The van der Waals surface area contributed by atoms with Gasteiger partial charge in [0.05, 0.1) is 46.7 Å². The predicted molar refractivity (Wildman–Crippen MR) is 223 cm³/mol. The van der Waals surface area contributed by atoms with Crippen LogP contribution >= 0.6 is 0 Å². The molecular weight excluding hydrogens is 695 g/mol. The molecule has 0 saturated heterocycles. The van der Waals surface area contributed by atoms with Gasteiger partial charge in [0, 0.05) is 6.42 Å². The number of aliphatic carboxylic acids is 1. The van der Waals surface area contributed by atoms with Crippen molar-refractivity contribution in [3.63, 3.8) is 0 Å². The Bertz CT molecular complexity index is 1170. The molecule has 0 aromatic rings. The van der Waals surface area contributed by atoms with Gasteiger partial charge in [0.1, 0.15) is 13.2 Å². The minimum atomic E-state index is -1.65. The minimum Gasteiger partial charge on any atom is -0.545 e. The summed E-state index contributed by atoms with van der Waals surface area (Å²) in [4.78, 5) is 36.8. The van der Waals surface area contributed by atoms with Gasteiger partial charge in [0.15, 0.2) is 12.4 Å². The number of likely N-dealkylation sites (N-methyl/N-ethyl adjacent to an activating group) is 1. The lowest BCUT2D eigenvalue weighted by atomic mass is 10.1. The summed E-state index contributed by atoms with van der Waals surface area (Å²) in [5.41, 5.74) is 0. The molecule has 2 atom stereocenters. The molecule has 0 fully saturated rings. The minimum absolute atomic E-state index is 0.00779. The summed E-state index contributed by atoms with van der Waals surface area (Å²) in [6, 6.07) is 0. The Balaban J connectivity index is 4.67. The molecule has 0 aliphatic carbocycles. The van der Waals surface area contributed by atoms with Crippen molar-refractivity contribution in [2.75, 3.05) is 47.5 Å². The first-order valence-corrected chi connectivity index (χ1v) is 20.7. The molecule has 0 bridgehead atoms. The number of unbranched alkanes of at least 4 members (excludes halogenated alkanes) is 8. The first kappa shape index (κ1) is 51.5. The van der Waals surface area contributed by atoms with Crippen LogP contribution in [-0.2, 0) is 33.3 Å². The third kappa shape index (κ3) is 38.5. The smallest absolute Gasteiger partial charge is 0.310 e. The maximum absolute atomic E-state index is 12.6. The molecule has 0 aliphatic heterocycles. The number of quaternary nitrogens is 1. The van der Waals surface area contributed by atoms with Gasteiger partial charge in [-0.25, -0.2) is 0 Å². The number of ether oxygens (including phenoxy) is 4. The number of carboxylic acid groups (broad SMARTS) is 1. The average molecular weight is 770 g/mol. The van der Waals surface area contributed by atoms with E-state index in [1.807, 2.05) is 33.3 Å². The second-order valence-corrected chi connectivity index (χ2v) is 14.6. The fourth-order valence-electron chi connectivity index (χ4n) is 4.93. The van der Waals surface area contributed by atoms with Gasteiger partial charge in [-0.1, -0.05) is 131 Å². The highest BCUT2D eigenvalue weighted by molar-refractivity contribution is 5.71. The summed E-state index contributed by atoms with van der Waals surface area (Å²) in [5.74, 6) is -2.49. The van der Waals surface area contributed by atoms with Crippen LogP contribution in [0.2, 0.25) is 0 Å². The number of rotatable bonds is 36. The van der Waals surface area contributed by atoms with Crippen molar-refractivity contribution in [1.29, 1.82) is 0 Å². The molecule has 0 aromatic carbocycles. The highest BCUT2D eigenvalue weighted by Gasteiger charge is 2.21. The lowest BCUT2D eigenvalue weighted by Gasteiger charge is -2.26. The Hall–Kier alpha value is -3.53. The van der Waals surface area contributed by atoms with E-state index in [2.05, 4.69) is 80.7 Å². The van der Waals surface area contributed by atoms with E-state index in [0.717, 1.165) is 64.2 Å². The third-order valence-electron chi connectivity index (χ3n) is 8.16. The molecule has 0 spiro atoms. The Morgan fingerprint density at radius 3 is 1.64 bits per heavy atom. The summed E-state index contributed by atoms with van der Waals surface area (Å²) in [6.07, 6.45) is 43.6. The van der Waals surface area contributed by atoms with Crippen LogP contribution in [0.3, 0.4) is 0 Å². The molecule has 0 aromatic heterocycles. The first-order valence-electron chi connectivity index (χ1n) is 20.7. The van der Waals surface area contributed by atoms with E-state index >= 15 is 0 Å². The quantitative estimate of drug-likeness (QED) is 0.0204. The normalized spacial score (nSPS) is 13.8. The van der Waals surface area contributed by atoms with Gasteiger partial charge < -0.3 is 33.3 Å². The summed E-state index contributed by atoms with van der Waals surface area (Å²) in [6.45, 7) is 4.43. The van der Waals surface area contributed by atoms with Crippen LogP contribution in [0.5, 0.6) is 0 Å². The van der Waals surface area contributed by atoms with E-state index in [4.69, 9.17) is 18.9 Å². The number of allylic oxidation sites excluding steroid dienone is 13. The molecule has 55 heavy (non-hydrogen) atoms. The highest BCUT2D eigenvalue weighted by atomic mass is 16.7. The molecule has 9 heteroatoms. The van der Waals surface area contributed by atoms with Crippen LogP contribution in [0.1, 0.15) is 129 Å². The van der Waals surface area contributed by atoms with Crippen molar-refractivity contribution >= 4 is 17.9 Å². The van der Waals surface area contributed by atoms with Crippen LogP contribution in [-0.4, -0.2) is 82.3 Å². The zero-order valence-corrected chi connectivity index (χ0v) is 35.0. The summed E-state index contributed by atoms with van der Waals surface area (Å²) in [7, 11) is 5.86. The fraction of sp³-hybridized carbons (Fsp3) is 0.630. The number of hydrogen-bond donors (Lipinski definition) is 0. The van der Waals surface area contributed by atoms with Gasteiger partial charge in [-0.3, -0.25) is 9.59 Å². The zero-order valence-electron chi connectivity index (χ0n) is 35.0. The van der Waals surface area contributed by atoms with Gasteiger partial charge in [0.2, 0.25) is 0 Å². The molecule has 312 valence electrons. The molecule has 0 aliphatic rings. The Morgan fingerprint density at radius 2 is 1.09 bits per heavy atom. The van der Waals surface area contributed by atoms with E-state index < -0.39 is 30.3 Å². The van der Waals surface area contributed by atoms with Crippen molar-refractivity contribution in [2.45, 2.75) is 142 Å². The van der Waals surface area contributed by atoms with Crippen LogP contribution in [0.25, 0.3) is 0 Å². The molecule has 0 heterocycles. The van der Waals surface area contributed by atoms with Crippen molar-refractivity contribution in [3.05, 3.63) is 85.1 Å². The van der Waals surface area contributed by atoms with Crippen LogP contribution in [0.4, 0.5) is 0 Å². The Morgan fingerprint density at radius 1 is 0.582 bits per heavy atom. The number of carboxylic acids is 1. The number of carbonyl (C=O) groups excluding carboxylic acids is 3. The molecule has 0 amide bonds. The summed E-state index contributed by atoms with van der Waals surface area (Å²) < 4.78 is 22.3. The van der Waals surface area contributed by atoms with Gasteiger partial charge in [-0.2, -0.15) is 0 Å². The summed E-state index contributed by atoms with van der Waals surface area (Å²) >= 11 is 0. The second kappa shape index (κ2) is 37.4. The monoisotopic (exact) mass is 770 g/mol. The van der Waals surface area contributed by atoms with Crippen LogP contribution in [0.15, 0.2) is 85.1 Å². The average Bonchev–Trinajstić information content (AvgIpc) is 3.14. The van der Waals surface area contributed by atoms with Gasteiger partial charge in [0.25, 0.3) is 0 Å². The largest absolute Gasteiger partial charge is 0.545 e. The molecule has 0 N–H and O–H groups in total. The van der Waals surface area contributed by atoms with E-state index in [1.54, 1.807) is 6.08 Å². The number of carbonyl (C=O) groups is 3. The van der Waals surface area contributed by atoms with Crippen molar-refractivity contribution in [3.8, 4) is 0 Å². The Labute approximate surface area is 334 Å². The Kier molecular flexibility index (Phi) is 35.0. The summed E-state index contributed by atoms with van der Waals surface area (Å²) in [5, 5.41) is 11.7. The molecule has 0 rings (SSSR count). The molecule has 0 radical (unpaired) electrons. The maximum atomic E-state index is 12.6. The number of nitrogens with zero attached hydrogens (tertiary/aromatic N) is 1. The van der Waals surface area contributed by atoms with Crippen molar-refractivity contribution in [1.82, 2.24) is 0 Å². The topological polar surface area (TPSA) is 111 Å². The van der Waals surface area contributed by atoms with E-state index in [9.17, 15) is 19.5 Å². The zero-order chi connectivity index (χ0) is 40.7. The van der Waals surface area contributed by atoms with Crippen molar-refractivity contribution in [2.24, 2.45) is 0 Å². The maximum Gasteiger partial charge on any atom is 0.310 e. The van der Waals surface area contributed by atoms with Gasteiger partial charge in [-0.05, 0) is 70.6 Å². The third-order valence-corrected chi connectivity index (χ3v) is 8.16. The van der Waals surface area contributed by atoms with Gasteiger partial charge >= 0.3 is 11.9 Å². The molecule has 0 saturated carbocycles. The second-order valence-electron chi connectivity index (χ2n) is 14.6. The fourth-order valence-corrected chi connectivity index (χ4v) is 4.93. The van der Waals surface area contributed by atoms with E-state index in [0.29, 0.717) is 23.9 Å². The van der Waals surface area contributed by atoms with Crippen LogP contribution in [0, 0.1) is 0 Å². The van der Waals surface area contributed by atoms with E-state index in [-0.39, 0.29) is 32.7 Å². The lowest BCUT2D eigenvalue weighted by molar-refractivity contribution is -0.870.